The van der Waals surface area contributed by atoms with Crippen LogP contribution in [0.3, 0.4) is 0 Å². The molecule has 0 aromatic rings. The van der Waals surface area contributed by atoms with Crippen LogP contribution in [0, 0.1) is 0 Å². The van der Waals surface area contributed by atoms with Gasteiger partial charge < -0.3 is 14.2 Å². The molecule has 0 saturated carbocycles. The van der Waals surface area contributed by atoms with Gasteiger partial charge in [-0.2, -0.15) is 0 Å². The van der Waals surface area contributed by atoms with Crippen molar-refractivity contribution in [2.45, 2.75) is 303 Å². The largest absolute Gasteiger partial charge is 0.462 e. The van der Waals surface area contributed by atoms with Gasteiger partial charge in [-0.3, -0.25) is 14.4 Å². The molecule has 1 unspecified atom stereocenters. The van der Waals surface area contributed by atoms with E-state index in [-0.39, 0.29) is 37.5 Å². The van der Waals surface area contributed by atoms with Crippen LogP contribution in [-0.4, -0.2) is 37.2 Å². The van der Waals surface area contributed by atoms with E-state index in [9.17, 15) is 14.4 Å². The summed E-state index contributed by atoms with van der Waals surface area (Å²) < 4.78 is 16.9. The van der Waals surface area contributed by atoms with Crippen LogP contribution in [0.15, 0.2) is 134 Å². The van der Waals surface area contributed by atoms with Crippen molar-refractivity contribution in [1.29, 1.82) is 0 Å². The Bertz CT molecular complexity index is 1700. The predicted octanol–water partition coefficient (Wildman–Crippen LogP) is 22.9. The van der Waals surface area contributed by atoms with Gasteiger partial charge in [0.2, 0.25) is 0 Å². The molecule has 0 aliphatic heterocycles. The Hall–Kier alpha value is -4.45. The van der Waals surface area contributed by atoms with Crippen molar-refractivity contribution < 1.29 is 28.6 Å². The van der Waals surface area contributed by atoms with E-state index in [2.05, 4.69) is 154 Å². The van der Waals surface area contributed by atoms with Gasteiger partial charge in [-0.1, -0.05) is 302 Å². The van der Waals surface area contributed by atoms with Crippen LogP contribution < -0.4 is 0 Å². The van der Waals surface area contributed by atoms with Gasteiger partial charge in [0.05, 0.1) is 0 Å². The number of carbonyl (C=O) groups excluding carboxylic acids is 3. The summed E-state index contributed by atoms with van der Waals surface area (Å²) in [5.74, 6) is -0.971. The molecule has 0 aromatic heterocycles. The summed E-state index contributed by atoms with van der Waals surface area (Å²) in [7, 11) is 0. The standard InChI is InChI=1S/C74H122O6/c1-4-7-10-13-16-19-22-25-28-31-33-35-36-37-38-39-41-43-46-49-52-55-58-61-64-67-73(76)79-70-71(69-78-72(75)66-63-60-57-54-51-48-45-42-30-27-24-21-18-15-12-9-6-3)80-74(77)68-65-62-59-56-53-50-47-44-40-34-32-29-26-23-20-17-14-11-8-5-2/h7,9-10,12,16,18-19,21,25,27-28,30,33,35,37-38,41,43,45,48,54,57,71H,4-6,8,11,13-15,17,20,22-24,26,29,31-32,34,36,39-40,42,44,46-47,49-53,55-56,58-70H2,1-3H3/b10-7-,12-9-,19-16-,21-18-,28-25-,30-27-,35-33-,38-37-,43-41-,48-45-,57-54-. The number of carbonyl (C=O) groups is 3. The molecule has 0 rings (SSSR count). The minimum absolute atomic E-state index is 0.105. The molecule has 0 fully saturated rings. The summed E-state index contributed by atoms with van der Waals surface area (Å²) in [4.78, 5) is 38.4. The van der Waals surface area contributed by atoms with Crippen molar-refractivity contribution in [2.75, 3.05) is 13.2 Å². The number of esters is 3. The van der Waals surface area contributed by atoms with Crippen molar-refractivity contribution in [3.8, 4) is 0 Å². The maximum Gasteiger partial charge on any atom is 0.306 e. The average molecular weight is 1110 g/mol. The van der Waals surface area contributed by atoms with Crippen molar-refractivity contribution in [3.05, 3.63) is 134 Å². The molecule has 454 valence electrons. The summed E-state index contributed by atoms with van der Waals surface area (Å²) in [6, 6.07) is 0. The number of allylic oxidation sites excluding steroid dienone is 22. The summed E-state index contributed by atoms with van der Waals surface area (Å²) in [6.45, 7) is 6.38. The highest BCUT2D eigenvalue weighted by atomic mass is 16.6. The van der Waals surface area contributed by atoms with Crippen LogP contribution in [0.2, 0.25) is 0 Å². The van der Waals surface area contributed by atoms with E-state index >= 15 is 0 Å². The minimum atomic E-state index is -0.812. The molecule has 0 amide bonds. The second-order valence-electron chi connectivity index (χ2n) is 21.6. The molecule has 6 nitrogen and oxygen atoms in total. The first kappa shape index (κ1) is 75.5. The van der Waals surface area contributed by atoms with E-state index in [0.717, 1.165) is 128 Å². The van der Waals surface area contributed by atoms with Crippen LogP contribution >= 0.6 is 0 Å². The quantitative estimate of drug-likeness (QED) is 0.0261. The maximum absolute atomic E-state index is 12.9. The van der Waals surface area contributed by atoms with Crippen molar-refractivity contribution in [3.63, 3.8) is 0 Å². The molecule has 0 aromatic carbocycles. The smallest absolute Gasteiger partial charge is 0.306 e. The third kappa shape index (κ3) is 64.4. The van der Waals surface area contributed by atoms with Gasteiger partial charge in [0.15, 0.2) is 6.10 Å². The van der Waals surface area contributed by atoms with Gasteiger partial charge in [0.1, 0.15) is 13.2 Å². The third-order valence-electron chi connectivity index (χ3n) is 13.9. The zero-order chi connectivity index (χ0) is 57.8. The fourth-order valence-corrected chi connectivity index (χ4v) is 9.01. The molecule has 80 heavy (non-hydrogen) atoms. The molecule has 0 bridgehead atoms. The fourth-order valence-electron chi connectivity index (χ4n) is 9.01. The minimum Gasteiger partial charge on any atom is -0.462 e. The van der Waals surface area contributed by atoms with E-state index in [1.807, 2.05) is 0 Å². The lowest BCUT2D eigenvalue weighted by Gasteiger charge is -2.18. The topological polar surface area (TPSA) is 78.9 Å². The van der Waals surface area contributed by atoms with Crippen molar-refractivity contribution in [2.24, 2.45) is 0 Å². The number of ether oxygens (including phenoxy) is 3. The van der Waals surface area contributed by atoms with Gasteiger partial charge in [-0.15, -0.1) is 0 Å². The van der Waals surface area contributed by atoms with Gasteiger partial charge in [-0.05, 0) is 109 Å². The van der Waals surface area contributed by atoms with Crippen LogP contribution in [-0.2, 0) is 28.6 Å². The van der Waals surface area contributed by atoms with Gasteiger partial charge in [-0.25, -0.2) is 0 Å². The lowest BCUT2D eigenvalue weighted by atomic mass is 10.0. The molecule has 0 spiro atoms. The summed E-state index contributed by atoms with van der Waals surface area (Å²) in [6.07, 6.45) is 94.6. The van der Waals surface area contributed by atoms with E-state index in [0.29, 0.717) is 19.3 Å². The Balaban J connectivity index is 4.47. The Kier molecular flexibility index (Phi) is 63.3. The first-order chi connectivity index (χ1) is 39.5. The zero-order valence-electron chi connectivity index (χ0n) is 52.0. The van der Waals surface area contributed by atoms with Crippen molar-refractivity contribution in [1.82, 2.24) is 0 Å². The van der Waals surface area contributed by atoms with Gasteiger partial charge in [0.25, 0.3) is 0 Å². The van der Waals surface area contributed by atoms with Gasteiger partial charge in [0, 0.05) is 19.3 Å². The Morgan fingerprint density at radius 2 is 0.500 bits per heavy atom. The fraction of sp³-hybridized carbons (Fsp3) is 0.662. The van der Waals surface area contributed by atoms with E-state index in [4.69, 9.17) is 14.2 Å². The highest BCUT2D eigenvalue weighted by Crippen LogP contribution is 2.16. The number of unbranched alkanes of at least 4 members (excludes halogenated alkanes) is 26. The average Bonchev–Trinajstić information content (AvgIpc) is 3.46. The summed E-state index contributed by atoms with van der Waals surface area (Å²) >= 11 is 0. The second-order valence-corrected chi connectivity index (χ2v) is 21.6. The Morgan fingerprint density at radius 1 is 0.263 bits per heavy atom. The first-order valence-electron chi connectivity index (χ1n) is 33.2. The number of hydrogen-bond acceptors (Lipinski definition) is 6. The van der Waals surface area contributed by atoms with Gasteiger partial charge >= 0.3 is 17.9 Å². The second kappa shape index (κ2) is 67.1. The van der Waals surface area contributed by atoms with E-state index < -0.39 is 6.10 Å². The highest BCUT2D eigenvalue weighted by Gasteiger charge is 2.19. The molecular formula is C74H122O6. The Labute approximate surface area is 494 Å². The summed E-state index contributed by atoms with van der Waals surface area (Å²) in [5.41, 5.74) is 0. The maximum atomic E-state index is 12.9. The van der Waals surface area contributed by atoms with Crippen LogP contribution in [0.1, 0.15) is 297 Å². The monoisotopic (exact) mass is 1110 g/mol. The van der Waals surface area contributed by atoms with Crippen molar-refractivity contribution >= 4 is 17.9 Å². The predicted molar refractivity (Wildman–Crippen MR) is 348 cm³/mol. The van der Waals surface area contributed by atoms with E-state index in [1.165, 1.54) is 122 Å². The molecular weight excluding hydrogens is 985 g/mol. The number of rotatable bonds is 59. The lowest BCUT2D eigenvalue weighted by Crippen LogP contribution is -2.30. The molecule has 0 aliphatic rings. The Morgan fingerprint density at radius 3 is 0.812 bits per heavy atom. The SMILES string of the molecule is CC/C=C\C/C=C\C/C=C\C/C=C\C/C=C\C/C=C\CCCCCCCCC(=O)OCC(COC(=O)CCC/C=C\C/C=C\C/C=C\C/C=C\C/C=C\CC)OC(=O)CCCCCCCCCCCCCCCCCCCCCC. The molecule has 0 heterocycles. The van der Waals surface area contributed by atoms with Crippen LogP contribution in [0.4, 0.5) is 0 Å². The molecule has 0 radical (unpaired) electrons. The van der Waals surface area contributed by atoms with Crippen LogP contribution in [0.25, 0.3) is 0 Å². The molecule has 0 aliphatic carbocycles. The normalized spacial score (nSPS) is 13.0. The molecule has 0 N–H and O–H groups in total. The van der Waals surface area contributed by atoms with E-state index in [1.54, 1.807) is 0 Å². The molecule has 0 saturated heterocycles. The lowest BCUT2D eigenvalue weighted by molar-refractivity contribution is -0.167. The zero-order valence-corrected chi connectivity index (χ0v) is 52.0. The van der Waals surface area contributed by atoms with Crippen LogP contribution in [0.5, 0.6) is 0 Å². The highest BCUT2D eigenvalue weighted by molar-refractivity contribution is 5.71. The molecule has 1 atom stereocenters. The molecule has 6 heteroatoms. The third-order valence-corrected chi connectivity index (χ3v) is 13.9. The summed E-state index contributed by atoms with van der Waals surface area (Å²) in [5, 5.41) is 0. The number of hydrogen-bond donors (Lipinski definition) is 0. The first-order valence-corrected chi connectivity index (χ1v) is 33.2.